The normalized spacial score (nSPS) is 18.4. The maximum Gasteiger partial charge on any atom is 0.0701 e. The summed E-state index contributed by atoms with van der Waals surface area (Å²) in [5.41, 5.74) is 2.32. The van der Waals surface area contributed by atoms with Crippen LogP contribution in [0.3, 0.4) is 0 Å². The van der Waals surface area contributed by atoms with Gasteiger partial charge in [0.2, 0.25) is 0 Å². The third kappa shape index (κ3) is 2.44. The van der Waals surface area contributed by atoms with Crippen LogP contribution in [0.25, 0.3) is 5.57 Å². The van der Waals surface area contributed by atoms with E-state index in [1.54, 1.807) is 0 Å². The Morgan fingerprint density at radius 1 is 1.13 bits per heavy atom. The first kappa shape index (κ1) is 9.91. The molecule has 0 aliphatic heterocycles. The van der Waals surface area contributed by atoms with Gasteiger partial charge < -0.3 is 0 Å². The maximum absolute atomic E-state index is 4.34. The van der Waals surface area contributed by atoms with Crippen LogP contribution in [0.4, 0.5) is 0 Å². The Morgan fingerprint density at radius 2 is 2.00 bits per heavy atom. The summed E-state index contributed by atoms with van der Waals surface area (Å²) in [6, 6.07) is 5.98. The quantitative estimate of drug-likeness (QED) is 0.670. The van der Waals surface area contributed by atoms with Gasteiger partial charge in [-0.25, -0.2) is 0 Å². The minimum atomic E-state index is 0.132. The molecule has 0 saturated heterocycles. The third-order valence-electron chi connectivity index (χ3n) is 2.45. The molecular weight excluding hydrogens is 182 g/mol. The Balaban J connectivity index is 2.34. The van der Waals surface area contributed by atoms with E-state index >= 15 is 0 Å². The molecule has 0 unspecified atom stereocenters. The number of nitrogens with zero attached hydrogens (tertiary/aromatic N) is 1. The van der Waals surface area contributed by atoms with E-state index in [-0.39, 0.29) is 5.41 Å². The first-order valence-electron chi connectivity index (χ1n) is 5.18. The van der Waals surface area contributed by atoms with Crippen molar-refractivity contribution in [2.24, 2.45) is 5.41 Å². The molecule has 0 atom stereocenters. The molecule has 1 aliphatic carbocycles. The van der Waals surface area contributed by atoms with Crippen LogP contribution in [0, 0.1) is 5.41 Å². The van der Waals surface area contributed by atoms with E-state index in [4.69, 9.17) is 0 Å². The van der Waals surface area contributed by atoms with Gasteiger partial charge in [-0.1, -0.05) is 50.3 Å². The van der Waals surface area contributed by atoms with Gasteiger partial charge in [-0.05, 0) is 17.7 Å². The Hall–Kier alpha value is -1.63. The number of aromatic nitrogens is 1. The van der Waals surface area contributed by atoms with Crippen LogP contribution in [-0.2, 0) is 0 Å². The molecule has 1 aliphatic rings. The molecule has 15 heavy (non-hydrogen) atoms. The molecule has 1 heteroatoms. The predicted molar refractivity (Wildman–Crippen MR) is 64.3 cm³/mol. The van der Waals surface area contributed by atoms with Crippen LogP contribution >= 0.6 is 0 Å². The Morgan fingerprint density at radius 3 is 2.73 bits per heavy atom. The van der Waals surface area contributed by atoms with E-state index in [1.165, 1.54) is 0 Å². The highest BCUT2D eigenvalue weighted by Crippen LogP contribution is 2.25. The van der Waals surface area contributed by atoms with Crippen molar-refractivity contribution in [2.75, 3.05) is 0 Å². The second-order valence-corrected chi connectivity index (χ2v) is 4.35. The molecule has 0 aromatic carbocycles. The highest BCUT2D eigenvalue weighted by molar-refractivity contribution is 5.73. The van der Waals surface area contributed by atoms with Crippen LogP contribution < -0.4 is 0 Å². The molecule has 1 heterocycles. The van der Waals surface area contributed by atoms with Crippen molar-refractivity contribution in [3.63, 3.8) is 0 Å². The zero-order chi connectivity index (χ0) is 10.7. The SMILES string of the molecule is CC1(C)C=CC=C(c2ccccn2)C=C1. The summed E-state index contributed by atoms with van der Waals surface area (Å²) >= 11 is 0. The molecule has 76 valence electrons. The summed E-state index contributed by atoms with van der Waals surface area (Å²) < 4.78 is 0. The summed E-state index contributed by atoms with van der Waals surface area (Å²) in [5.74, 6) is 0. The first-order valence-corrected chi connectivity index (χ1v) is 5.18. The molecule has 0 bridgehead atoms. The van der Waals surface area contributed by atoms with Gasteiger partial charge in [0.1, 0.15) is 0 Å². The van der Waals surface area contributed by atoms with Crippen molar-refractivity contribution in [3.05, 3.63) is 60.5 Å². The molecule has 0 spiro atoms. The fourth-order valence-electron chi connectivity index (χ4n) is 1.52. The van der Waals surface area contributed by atoms with E-state index in [0.717, 1.165) is 11.3 Å². The van der Waals surface area contributed by atoms with E-state index in [9.17, 15) is 0 Å². The van der Waals surface area contributed by atoms with E-state index in [2.05, 4.69) is 49.2 Å². The van der Waals surface area contributed by atoms with Crippen LogP contribution in [0.5, 0.6) is 0 Å². The zero-order valence-electron chi connectivity index (χ0n) is 9.14. The van der Waals surface area contributed by atoms with Crippen molar-refractivity contribution in [1.29, 1.82) is 0 Å². The molecule has 1 nitrogen and oxygen atoms in total. The minimum absolute atomic E-state index is 0.132. The van der Waals surface area contributed by atoms with Crippen molar-refractivity contribution >= 4 is 5.57 Å². The zero-order valence-corrected chi connectivity index (χ0v) is 9.14. The van der Waals surface area contributed by atoms with Gasteiger partial charge in [0.25, 0.3) is 0 Å². The second-order valence-electron chi connectivity index (χ2n) is 4.35. The van der Waals surface area contributed by atoms with Gasteiger partial charge in [-0.3, -0.25) is 4.98 Å². The molecule has 1 aromatic heterocycles. The molecule has 1 aromatic rings. The summed E-state index contributed by atoms with van der Waals surface area (Å²) in [7, 11) is 0. The van der Waals surface area contributed by atoms with Gasteiger partial charge in [-0.15, -0.1) is 0 Å². The highest BCUT2D eigenvalue weighted by atomic mass is 14.7. The Kier molecular flexibility index (Phi) is 2.55. The third-order valence-corrected chi connectivity index (χ3v) is 2.45. The van der Waals surface area contributed by atoms with Gasteiger partial charge in [0.05, 0.1) is 5.69 Å². The Labute approximate surface area is 90.9 Å². The molecule has 0 fully saturated rings. The summed E-state index contributed by atoms with van der Waals surface area (Å²) in [6.07, 6.45) is 12.6. The van der Waals surface area contributed by atoms with Crippen molar-refractivity contribution in [1.82, 2.24) is 4.98 Å². The highest BCUT2D eigenvalue weighted by Gasteiger charge is 2.11. The lowest BCUT2D eigenvalue weighted by Crippen LogP contribution is -2.00. The number of rotatable bonds is 1. The molecule has 0 N–H and O–H groups in total. The maximum atomic E-state index is 4.34. The number of pyridine rings is 1. The smallest absolute Gasteiger partial charge is 0.0701 e. The van der Waals surface area contributed by atoms with Gasteiger partial charge in [0.15, 0.2) is 0 Å². The first-order chi connectivity index (χ1) is 7.17. The van der Waals surface area contributed by atoms with Crippen molar-refractivity contribution < 1.29 is 0 Å². The molecule has 0 amide bonds. The summed E-state index contributed by atoms with van der Waals surface area (Å²) in [4.78, 5) is 4.34. The standard InChI is InChI=1S/C14H15N/c1-14(2)9-5-6-12(8-10-14)13-7-3-4-11-15-13/h3-11H,1-2H3. The summed E-state index contributed by atoms with van der Waals surface area (Å²) in [6.45, 7) is 4.38. The Bertz CT molecular complexity index is 422. The molecule has 0 saturated carbocycles. The largest absolute Gasteiger partial charge is 0.256 e. The van der Waals surface area contributed by atoms with Gasteiger partial charge in [0, 0.05) is 11.6 Å². The van der Waals surface area contributed by atoms with Crippen LogP contribution in [0.2, 0.25) is 0 Å². The van der Waals surface area contributed by atoms with Crippen molar-refractivity contribution in [2.45, 2.75) is 13.8 Å². The van der Waals surface area contributed by atoms with Gasteiger partial charge >= 0.3 is 0 Å². The average Bonchev–Trinajstić information content (AvgIpc) is 2.41. The minimum Gasteiger partial charge on any atom is -0.256 e. The second kappa shape index (κ2) is 3.85. The van der Waals surface area contributed by atoms with Crippen LogP contribution in [0.1, 0.15) is 19.5 Å². The lowest BCUT2D eigenvalue weighted by atomic mass is 9.93. The molecule has 0 radical (unpaired) electrons. The van der Waals surface area contributed by atoms with E-state index in [1.807, 2.05) is 24.4 Å². The predicted octanol–water partition coefficient (Wildman–Crippen LogP) is 3.62. The lowest BCUT2D eigenvalue weighted by Gasteiger charge is -2.12. The van der Waals surface area contributed by atoms with Gasteiger partial charge in [-0.2, -0.15) is 0 Å². The van der Waals surface area contributed by atoms with Crippen LogP contribution in [-0.4, -0.2) is 4.98 Å². The van der Waals surface area contributed by atoms with E-state index < -0.39 is 0 Å². The monoisotopic (exact) mass is 197 g/mol. The van der Waals surface area contributed by atoms with E-state index in [0.29, 0.717) is 0 Å². The molecule has 2 rings (SSSR count). The fraction of sp³-hybridized carbons (Fsp3) is 0.214. The van der Waals surface area contributed by atoms with Crippen molar-refractivity contribution in [3.8, 4) is 0 Å². The number of allylic oxidation sites excluding steroid dienone is 6. The topological polar surface area (TPSA) is 12.9 Å². The lowest BCUT2D eigenvalue weighted by molar-refractivity contribution is 0.627. The summed E-state index contributed by atoms with van der Waals surface area (Å²) in [5, 5.41) is 0. The fourth-order valence-corrected chi connectivity index (χ4v) is 1.52. The average molecular weight is 197 g/mol. The number of hydrogen-bond donors (Lipinski definition) is 0. The molecular formula is C14H15N. The van der Waals surface area contributed by atoms with Crippen LogP contribution in [0.15, 0.2) is 54.8 Å². The number of hydrogen-bond acceptors (Lipinski definition) is 1.